The number of nitrogens with zero attached hydrogens (tertiary/aromatic N) is 1. The first-order valence-electron chi connectivity index (χ1n) is 7.62. The molecule has 5 nitrogen and oxygen atoms in total. The van der Waals surface area contributed by atoms with Crippen molar-refractivity contribution < 1.29 is 23.1 Å². The monoisotopic (exact) mass is 348 g/mol. The summed E-state index contributed by atoms with van der Waals surface area (Å²) >= 11 is 0. The first-order valence-corrected chi connectivity index (χ1v) is 7.62. The van der Waals surface area contributed by atoms with Crippen LogP contribution in [-0.2, 0) is 17.8 Å². The molecule has 1 aromatic heterocycles. The number of aryl methyl sites for hydroxylation is 1. The van der Waals surface area contributed by atoms with Crippen molar-refractivity contribution in [2.24, 2.45) is 0 Å². The molecule has 0 bridgehead atoms. The zero-order valence-electron chi connectivity index (χ0n) is 13.9. The van der Waals surface area contributed by atoms with Crippen molar-refractivity contribution in [2.45, 2.75) is 33.4 Å². The topological polar surface area (TPSA) is 68.3 Å². The first-order chi connectivity index (χ1) is 11.8. The van der Waals surface area contributed by atoms with Crippen LogP contribution >= 0.6 is 0 Å². The predicted molar refractivity (Wildman–Crippen MR) is 87.6 cm³/mol. The fourth-order valence-corrected chi connectivity index (χ4v) is 2.33. The third kappa shape index (κ3) is 5.95. The van der Waals surface area contributed by atoms with Gasteiger partial charge in [0.15, 0.2) is 0 Å². The van der Waals surface area contributed by atoms with Gasteiger partial charge < -0.3 is 10.1 Å². The Morgan fingerprint density at radius 1 is 1.24 bits per heavy atom. The number of pyridine rings is 1. The minimum atomic E-state index is -2.90. The predicted octanol–water partition coefficient (Wildman–Crippen LogP) is 3.05. The quantitative estimate of drug-likeness (QED) is 0.835. The van der Waals surface area contributed by atoms with Crippen LogP contribution in [0.4, 0.5) is 8.78 Å². The molecule has 1 amide bonds. The molecule has 1 aromatic carbocycles. The van der Waals surface area contributed by atoms with Crippen molar-refractivity contribution in [2.75, 3.05) is 0 Å². The number of aromatic nitrogens is 1. The number of hydrogen-bond donors (Lipinski definition) is 1. The maximum Gasteiger partial charge on any atom is 0.387 e. The van der Waals surface area contributed by atoms with Crippen LogP contribution in [0.2, 0.25) is 0 Å². The highest BCUT2D eigenvalue weighted by molar-refractivity contribution is 5.94. The molecule has 0 unspecified atom stereocenters. The molecular formula is C18H18F2N2O3. The molecule has 0 fully saturated rings. The van der Waals surface area contributed by atoms with E-state index in [1.54, 1.807) is 31.2 Å². The highest BCUT2D eigenvalue weighted by atomic mass is 19.3. The molecule has 2 rings (SSSR count). The molecule has 1 N–H and O–H groups in total. The van der Waals surface area contributed by atoms with Crippen molar-refractivity contribution in [1.82, 2.24) is 10.3 Å². The molecular weight excluding hydrogens is 330 g/mol. The molecule has 0 aliphatic rings. The van der Waals surface area contributed by atoms with Crippen LogP contribution in [0.15, 0.2) is 36.4 Å². The van der Waals surface area contributed by atoms with Crippen LogP contribution in [0.3, 0.4) is 0 Å². The number of hydrogen-bond acceptors (Lipinski definition) is 4. The molecule has 7 heteroatoms. The summed E-state index contributed by atoms with van der Waals surface area (Å²) in [6, 6.07) is 9.30. The number of ketones is 1. The highest BCUT2D eigenvalue weighted by Gasteiger charge is 2.10. The summed E-state index contributed by atoms with van der Waals surface area (Å²) < 4.78 is 28.8. The number of benzene rings is 1. The van der Waals surface area contributed by atoms with Gasteiger partial charge in [-0.05, 0) is 43.7 Å². The smallest absolute Gasteiger partial charge is 0.387 e. The van der Waals surface area contributed by atoms with Gasteiger partial charge >= 0.3 is 6.61 Å². The van der Waals surface area contributed by atoms with E-state index in [4.69, 9.17) is 0 Å². The molecule has 0 aliphatic heterocycles. The largest absolute Gasteiger partial charge is 0.435 e. The number of halogens is 2. The number of nitrogens with one attached hydrogen (secondary N) is 1. The molecule has 2 aromatic rings. The van der Waals surface area contributed by atoms with E-state index in [2.05, 4.69) is 15.0 Å². The standard InChI is InChI=1S/C18H18F2N2O3/c1-11-6-14(9-15(22-11)7-12(2)23)17(24)21-10-13-4-3-5-16(8-13)25-18(19)20/h3-6,8-9,18H,7,10H2,1-2H3,(H,21,24). The molecule has 0 saturated carbocycles. The molecule has 0 aliphatic carbocycles. The van der Waals surface area contributed by atoms with E-state index in [-0.39, 0.29) is 30.4 Å². The Balaban J connectivity index is 2.05. The van der Waals surface area contributed by atoms with Crippen LogP contribution in [0.25, 0.3) is 0 Å². The summed E-state index contributed by atoms with van der Waals surface area (Å²) in [6.45, 7) is 0.455. The third-order valence-corrected chi connectivity index (χ3v) is 3.28. The highest BCUT2D eigenvalue weighted by Crippen LogP contribution is 2.16. The van der Waals surface area contributed by atoms with Gasteiger partial charge in [0.1, 0.15) is 11.5 Å². The lowest BCUT2D eigenvalue weighted by molar-refractivity contribution is -0.116. The van der Waals surface area contributed by atoms with Gasteiger partial charge in [0.2, 0.25) is 0 Å². The van der Waals surface area contributed by atoms with Crippen molar-refractivity contribution >= 4 is 11.7 Å². The van der Waals surface area contributed by atoms with E-state index in [9.17, 15) is 18.4 Å². The van der Waals surface area contributed by atoms with Gasteiger partial charge in [-0.1, -0.05) is 12.1 Å². The number of carbonyl (C=O) groups is 2. The number of Topliss-reactive ketones (excluding diaryl/α,β-unsaturated/α-hetero) is 1. The molecule has 0 saturated heterocycles. The Labute approximate surface area is 144 Å². The third-order valence-electron chi connectivity index (χ3n) is 3.28. The minimum absolute atomic E-state index is 0.0326. The van der Waals surface area contributed by atoms with E-state index in [0.717, 1.165) is 0 Å². The SMILES string of the molecule is CC(=O)Cc1cc(C(=O)NCc2cccc(OC(F)F)c2)cc(C)n1. The van der Waals surface area contributed by atoms with E-state index in [1.807, 2.05) is 0 Å². The summed E-state index contributed by atoms with van der Waals surface area (Å²) in [5, 5.41) is 2.71. The number of ether oxygens (including phenoxy) is 1. The van der Waals surface area contributed by atoms with Gasteiger partial charge in [-0.2, -0.15) is 8.78 Å². The van der Waals surface area contributed by atoms with E-state index < -0.39 is 6.61 Å². The maximum absolute atomic E-state index is 12.3. The van der Waals surface area contributed by atoms with Crippen molar-refractivity contribution in [3.63, 3.8) is 0 Å². The van der Waals surface area contributed by atoms with Gasteiger partial charge in [0.25, 0.3) is 5.91 Å². The van der Waals surface area contributed by atoms with E-state index in [1.165, 1.54) is 19.1 Å². The summed E-state index contributed by atoms with van der Waals surface area (Å²) in [6.07, 6.45) is 0.162. The zero-order chi connectivity index (χ0) is 18.4. The fourth-order valence-electron chi connectivity index (χ4n) is 2.33. The summed E-state index contributed by atoms with van der Waals surface area (Å²) in [5.41, 5.74) is 2.19. The minimum Gasteiger partial charge on any atom is -0.435 e. The van der Waals surface area contributed by atoms with Crippen molar-refractivity contribution in [3.8, 4) is 5.75 Å². The second-order valence-electron chi connectivity index (χ2n) is 5.58. The normalized spacial score (nSPS) is 10.6. The van der Waals surface area contributed by atoms with Gasteiger partial charge in [-0.25, -0.2) is 0 Å². The molecule has 132 valence electrons. The van der Waals surface area contributed by atoms with Crippen LogP contribution in [0, 0.1) is 6.92 Å². The molecule has 0 atom stereocenters. The summed E-state index contributed by atoms with van der Waals surface area (Å²) in [7, 11) is 0. The zero-order valence-corrected chi connectivity index (χ0v) is 13.9. The van der Waals surface area contributed by atoms with Crippen LogP contribution < -0.4 is 10.1 Å². The summed E-state index contributed by atoms with van der Waals surface area (Å²) in [4.78, 5) is 27.7. The molecule has 0 radical (unpaired) electrons. The average Bonchev–Trinajstić information content (AvgIpc) is 2.51. The Kier molecular flexibility index (Phi) is 6.16. The lowest BCUT2D eigenvalue weighted by Crippen LogP contribution is -2.23. The molecule has 25 heavy (non-hydrogen) atoms. The van der Waals surface area contributed by atoms with Crippen LogP contribution in [0.1, 0.15) is 34.2 Å². The number of rotatable bonds is 7. The van der Waals surface area contributed by atoms with Gasteiger partial charge in [0, 0.05) is 29.9 Å². The fraction of sp³-hybridized carbons (Fsp3) is 0.278. The Morgan fingerprint density at radius 2 is 2.00 bits per heavy atom. The van der Waals surface area contributed by atoms with Crippen LogP contribution in [-0.4, -0.2) is 23.3 Å². The van der Waals surface area contributed by atoms with Gasteiger partial charge in [0.05, 0.1) is 0 Å². The second-order valence-corrected chi connectivity index (χ2v) is 5.58. The number of carbonyl (C=O) groups excluding carboxylic acids is 2. The Morgan fingerprint density at radius 3 is 2.68 bits per heavy atom. The van der Waals surface area contributed by atoms with Crippen molar-refractivity contribution in [1.29, 1.82) is 0 Å². The second kappa shape index (κ2) is 8.32. The first kappa shape index (κ1) is 18.5. The van der Waals surface area contributed by atoms with Crippen molar-refractivity contribution in [3.05, 3.63) is 58.9 Å². The van der Waals surface area contributed by atoms with Gasteiger partial charge in [-0.15, -0.1) is 0 Å². The summed E-state index contributed by atoms with van der Waals surface area (Å²) in [5.74, 6) is -0.346. The Hall–Kier alpha value is -2.83. The lowest BCUT2D eigenvalue weighted by atomic mass is 10.1. The number of alkyl halides is 2. The lowest BCUT2D eigenvalue weighted by Gasteiger charge is -2.09. The van der Waals surface area contributed by atoms with E-state index >= 15 is 0 Å². The van der Waals surface area contributed by atoms with E-state index in [0.29, 0.717) is 22.5 Å². The van der Waals surface area contributed by atoms with Gasteiger partial charge in [-0.3, -0.25) is 14.6 Å². The maximum atomic E-state index is 12.3. The van der Waals surface area contributed by atoms with Crippen LogP contribution in [0.5, 0.6) is 5.75 Å². The average molecular weight is 348 g/mol. The molecule has 1 heterocycles. The Bertz CT molecular complexity index is 779. The molecule has 0 spiro atoms. The number of amides is 1.